The summed E-state index contributed by atoms with van der Waals surface area (Å²) in [5, 5.41) is 26.6. The third kappa shape index (κ3) is 5.43. The number of nitrogens with one attached hydrogen (secondary N) is 2. The minimum Gasteiger partial charge on any atom is -0.383 e. The molecular weight excluding hydrogens is 577 g/mol. The number of fused-ring (bicyclic) bond motifs is 2. The molecular formula is C31H28ClF3N8. The van der Waals surface area contributed by atoms with Gasteiger partial charge in [-0.05, 0) is 48.1 Å². The lowest BCUT2D eigenvalue weighted by Crippen LogP contribution is -2.35. The summed E-state index contributed by atoms with van der Waals surface area (Å²) in [7, 11) is 0. The molecule has 0 aliphatic heterocycles. The van der Waals surface area contributed by atoms with Gasteiger partial charge in [0.05, 0.1) is 39.5 Å². The van der Waals surface area contributed by atoms with Crippen molar-refractivity contribution in [2.24, 2.45) is 5.41 Å². The third-order valence-electron chi connectivity index (χ3n) is 7.59. The molecule has 2 N–H and O–H groups in total. The molecule has 0 radical (unpaired) electrons. The quantitative estimate of drug-likeness (QED) is 0.197. The van der Waals surface area contributed by atoms with Crippen molar-refractivity contribution in [2.45, 2.75) is 51.4 Å². The Labute approximate surface area is 250 Å². The molecule has 1 atom stereocenters. The number of para-hydroxylation sites is 1. The summed E-state index contributed by atoms with van der Waals surface area (Å²) < 4.78 is 42.6. The number of hydrogen-bond acceptors (Lipinski definition) is 7. The molecule has 43 heavy (non-hydrogen) atoms. The molecule has 12 heteroatoms. The van der Waals surface area contributed by atoms with Gasteiger partial charge in [0.25, 0.3) is 0 Å². The van der Waals surface area contributed by atoms with Crippen molar-refractivity contribution in [3.63, 3.8) is 0 Å². The SMILES string of the molecule is CC(C)(C)CNc1c(C#N)cnc2c(Cl)cc(N[C@@H](c3cnc4ccccc4c3)c3cn(C4(C(F)(F)F)CC4)nn3)cc12. The molecule has 1 aliphatic rings. The van der Waals surface area contributed by atoms with E-state index in [1.165, 1.54) is 12.4 Å². The number of anilines is 2. The van der Waals surface area contributed by atoms with Crippen LogP contribution in [0.1, 0.15) is 56.5 Å². The van der Waals surface area contributed by atoms with Crippen LogP contribution in [0, 0.1) is 16.7 Å². The molecule has 0 spiro atoms. The van der Waals surface area contributed by atoms with Crippen LogP contribution in [-0.2, 0) is 5.54 Å². The second-order valence-electron chi connectivity index (χ2n) is 12.1. The van der Waals surface area contributed by atoms with Gasteiger partial charge in [-0.1, -0.05) is 55.8 Å². The average Bonchev–Trinajstić information content (AvgIpc) is 3.65. The zero-order valence-electron chi connectivity index (χ0n) is 23.7. The van der Waals surface area contributed by atoms with E-state index in [9.17, 15) is 18.4 Å². The lowest BCUT2D eigenvalue weighted by Gasteiger charge is -2.22. The molecule has 1 aliphatic carbocycles. The lowest BCUT2D eigenvalue weighted by molar-refractivity contribution is -0.182. The first-order valence-corrected chi connectivity index (χ1v) is 14.1. The standard InChI is InChI=1S/C31H28ClF3N8/c1-29(2,3)17-39-26-20(13-36)15-38-28-22(26)11-21(12-23(28)32)40-27(19-10-18-6-4-5-7-24(18)37-14-19)25-16-43(42-41-25)30(8-9-30)31(33,34)35/h4-7,10-12,14-16,27,40H,8-9,17H2,1-3H3,(H,38,39)/t27-/m0/s1. The van der Waals surface area contributed by atoms with Crippen molar-refractivity contribution in [1.82, 2.24) is 25.0 Å². The van der Waals surface area contributed by atoms with Gasteiger partial charge in [0.1, 0.15) is 11.8 Å². The number of hydrogen-bond donors (Lipinski definition) is 2. The van der Waals surface area contributed by atoms with Gasteiger partial charge in [-0.2, -0.15) is 18.4 Å². The molecule has 1 saturated carbocycles. The van der Waals surface area contributed by atoms with Crippen LogP contribution in [0.4, 0.5) is 24.5 Å². The summed E-state index contributed by atoms with van der Waals surface area (Å²) in [6.45, 7) is 6.82. The Morgan fingerprint density at radius 1 is 1.09 bits per heavy atom. The number of nitrogens with zero attached hydrogens (tertiary/aromatic N) is 6. The summed E-state index contributed by atoms with van der Waals surface area (Å²) in [4.78, 5) is 8.99. The maximum absolute atomic E-state index is 13.9. The molecule has 3 heterocycles. The smallest absolute Gasteiger partial charge is 0.383 e. The number of alkyl halides is 3. The molecule has 1 fully saturated rings. The van der Waals surface area contributed by atoms with Crippen molar-refractivity contribution in [3.05, 3.63) is 82.9 Å². The highest BCUT2D eigenvalue weighted by atomic mass is 35.5. The maximum atomic E-state index is 13.9. The summed E-state index contributed by atoms with van der Waals surface area (Å²) in [6, 6.07) is 14.5. The molecule has 6 rings (SSSR count). The first-order chi connectivity index (χ1) is 20.4. The van der Waals surface area contributed by atoms with Gasteiger partial charge in [-0.15, -0.1) is 5.10 Å². The Morgan fingerprint density at radius 2 is 1.86 bits per heavy atom. The molecule has 0 bridgehead atoms. The normalized spacial score (nSPS) is 15.3. The van der Waals surface area contributed by atoms with E-state index in [2.05, 4.69) is 57.8 Å². The van der Waals surface area contributed by atoms with E-state index in [0.717, 1.165) is 15.6 Å². The summed E-state index contributed by atoms with van der Waals surface area (Å²) in [6.07, 6.45) is -0.0328. The van der Waals surface area contributed by atoms with Gasteiger partial charge in [-0.25, -0.2) is 4.68 Å². The van der Waals surface area contributed by atoms with E-state index >= 15 is 0 Å². The van der Waals surface area contributed by atoms with Crippen LogP contribution in [0.5, 0.6) is 0 Å². The molecule has 0 saturated heterocycles. The molecule has 0 amide bonds. The van der Waals surface area contributed by atoms with E-state index in [0.29, 0.717) is 50.7 Å². The molecule has 0 unspecified atom stereocenters. The van der Waals surface area contributed by atoms with Gasteiger partial charge in [-0.3, -0.25) is 9.97 Å². The second kappa shape index (κ2) is 10.4. The van der Waals surface area contributed by atoms with E-state index < -0.39 is 17.8 Å². The molecule has 2 aromatic carbocycles. The minimum atomic E-state index is -4.45. The van der Waals surface area contributed by atoms with E-state index in [-0.39, 0.29) is 18.3 Å². The van der Waals surface area contributed by atoms with Crippen molar-refractivity contribution in [3.8, 4) is 6.07 Å². The molecule has 8 nitrogen and oxygen atoms in total. The number of rotatable bonds is 7. The number of benzene rings is 2. The number of pyridine rings is 2. The van der Waals surface area contributed by atoms with Crippen molar-refractivity contribution in [2.75, 3.05) is 17.2 Å². The van der Waals surface area contributed by atoms with Gasteiger partial charge in [0.15, 0.2) is 5.54 Å². The predicted octanol–water partition coefficient (Wildman–Crippen LogP) is 7.61. The average molecular weight is 605 g/mol. The Balaban J connectivity index is 1.46. The number of nitriles is 1. The van der Waals surface area contributed by atoms with Crippen LogP contribution < -0.4 is 10.6 Å². The topological polar surface area (TPSA) is 104 Å². The Hall–Kier alpha value is -4.43. The fourth-order valence-electron chi connectivity index (χ4n) is 5.09. The summed E-state index contributed by atoms with van der Waals surface area (Å²) >= 11 is 6.71. The van der Waals surface area contributed by atoms with E-state index in [1.54, 1.807) is 12.3 Å². The molecule has 220 valence electrons. The monoisotopic (exact) mass is 604 g/mol. The summed E-state index contributed by atoms with van der Waals surface area (Å²) in [5.74, 6) is 0. The largest absolute Gasteiger partial charge is 0.413 e. The van der Waals surface area contributed by atoms with Crippen molar-refractivity contribution < 1.29 is 13.2 Å². The zero-order valence-corrected chi connectivity index (χ0v) is 24.4. The third-order valence-corrected chi connectivity index (χ3v) is 7.88. The molecule has 3 aromatic heterocycles. The minimum absolute atomic E-state index is 0.0478. The Kier molecular flexibility index (Phi) is 6.92. The van der Waals surface area contributed by atoms with Crippen LogP contribution in [0.25, 0.3) is 21.8 Å². The number of halogens is 4. The first-order valence-electron chi connectivity index (χ1n) is 13.8. The van der Waals surface area contributed by atoms with Crippen LogP contribution in [0.3, 0.4) is 0 Å². The van der Waals surface area contributed by atoms with Crippen LogP contribution >= 0.6 is 11.6 Å². The van der Waals surface area contributed by atoms with Gasteiger partial charge < -0.3 is 10.6 Å². The zero-order chi connectivity index (χ0) is 30.6. The fourth-order valence-corrected chi connectivity index (χ4v) is 5.36. The second-order valence-corrected chi connectivity index (χ2v) is 12.5. The maximum Gasteiger partial charge on any atom is 0.413 e. The lowest BCUT2D eigenvalue weighted by atomic mass is 9.96. The van der Waals surface area contributed by atoms with Crippen molar-refractivity contribution in [1.29, 1.82) is 5.26 Å². The first kappa shape index (κ1) is 28.7. The summed E-state index contributed by atoms with van der Waals surface area (Å²) in [5.41, 5.74) is 1.67. The van der Waals surface area contributed by atoms with Gasteiger partial charge in [0, 0.05) is 35.4 Å². The predicted molar refractivity (Wildman–Crippen MR) is 160 cm³/mol. The highest BCUT2D eigenvalue weighted by Crippen LogP contribution is 2.55. The highest BCUT2D eigenvalue weighted by Gasteiger charge is 2.66. The van der Waals surface area contributed by atoms with Gasteiger partial charge in [0.2, 0.25) is 0 Å². The van der Waals surface area contributed by atoms with E-state index in [1.807, 2.05) is 36.4 Å². The van der Waals surface area contributed by atoms with Gasteiger partial charge >= 0.3 is 6.18 Å². The van der Waals surface area contributed by atoms with Crippen molar-refractivity contribution >= 4 is 44.8 Å². The Morgan fingerprint density at radius 3 is 2.56 bits per heavy atom. The highest BCUT2D eigenvalue weighted by molar-refractivity contribution is 6.35. The molecule has 5 aromatic rings. The fraction of sp³-hybridized carbons (Fsp3) is 0.323. The number of aromatic nitrogens is 5. The Bertz CT molecular complexity index is 1880. The van der Waals surface area contributed by atoms with Crippen LogP contribution in [0.2, 0.25) is 5.02 Å². The van der Waals surface area contributed by atoms with Crippen LogP contribution in [-0.4, -0.2) is 37.7 Å². The van der Waals surface area contributed by atoms with E-state index in [4.69, 9.17) is 11.6 Å². The van der Waals surface area contributed by atoms with Crippen LogP contribution in [0.15, 0.2) is 61.1 Å².